The monoisotopic (exact) mass is 378 g/mol. The van der Waals surface area contributed by atoms with Crippen molar-refractivity contribution in [1.29, 1.82) is 0 Å². The summed E-state index contributed by atoms with van der Waals surface area (Å²) >= 11 is 0. The summed E-state index contributed by atoms with van der Waals surface area (Å²) in [6.07, 6.45) is 0.662. The van der Waals surface area contributed by atoms with Crippen molar-refractivity contribution in [2.24, 2.45) is 0 Å². The van der Waals surface area contributed by atoms with Crippen molar-refractivity contribution in [3.05, 3.63) is 65.5 Å². The van der Waals surface area contributed by atoms with Gasteiger partial charge >= 0.3 is 0 Å². The normalized spacial score (nSPS) is 16.4. The molecule has 2 aromatic carbocycles. The molecule has 1 unspecified atom stereocenters. The highest BCUT2D eigenvalue weighted by Crippen LogP contribution is 2.26. The summed E-state index contributed by atoms with van der Waals surface area (Å²) in [6.45, 7) is 1.07. The Balaban J connectivity index is 1.55. The first-order valence-electron chi connectivity index (χ1n) is 9.17. The summed E-state index contributed by atoms with van der Waals surface area (Å²) in [5.74, 6) is 1.77. The molecular weight excluding hydrogens is 356 g/mol. The van der Waals surface area contributed by atoms with Crippen LogP contribution in [0.2, 0.25) is 0 Å². The van der Waals surface area contributed by atoms with E-state index in [-0.39, 0.29) is 11.9 Å². The lowest BCUT2D eigenvalue weighted by Crippen LogP contribution is -2.49. The molecule has 3 aromatic rings. The standard InChI is InChI=1S/C21H22N4O3/c1-22-21(26)18-11-15-5-3-4-6-16(15)12-25(18)13-19-23-20(24-28-19)14-7-9-17(27-2)10-8-14/h3-10,18H,11-13H2,1-2H3,(H,22,26). The van der Waals surface area contributed by atoms with Gasteiger partial charge in [-0.2, -0.15) is 4.98 Å². The van der Waals surface area contributed by atoms with Crippen molar-refractivity contribution in [3.63, 3.8) is 0 Å². The van der Waals surface area contributed by atoms with Crippen LogP contribution in [0.4, 0.5) is 0 Å². The van der Waals surface area contributed by atoms with Crippen LogP contribution in [0.15, 0.2) is 53.1 Å². The van der Waals surface area contributed by atoms with Gasteiger partial charge in [0, 0.05) is 19.2 Å². The van der Waals surface area contributed by atoms with E-state index in [0.717, 1.165) is 11.3 Å². The van der Waals surface area contributed by atoms with E-state index in [0.29, 0.717) is 31.2 Å². The van der Waals surface area contributed by atoms with Gasteiger partial charge in [-0.15, -0.1) is 0 Å². The Morgan fingerprint density at radius 1 is 1.21 bits per heavy atom. The fourth-order valence-corrected chi connectivity index (χ4v) is 3.52. The number of likely N-dealkylation sites (N-methyl/N-ethyl adjacent to an activating group) is 1. The molecule has 28 heavy (non-hydrogen) atoms. The van der Waals surface area contributed by atoms with E-state index < -0.39 is 0 Å². The molecule has 7 nitrogen and oxygen atoms in total. The summed E-state index contributed by atoms with van der Waals surface area (Å²) in [4.78, 5) is 19.0. The van der Waals surface area contributed by atoms with Gasteiger partial charge in [0.15, 0.2) is 0 Å². The zero-order valence-corrected chi connectivity index (χ0v) is 15.9. The van der Waals surface area contributed by atoms with E-state index in [2.05, 4.69) is 32.5 Å². The third-order valence-corrected chi connectivity index (χ3v) is 5.05. The Morgan fingerprint density at radius 2 is 1.96 bits per heavy atom. The van der Waals surface area contributed by atoms with Crippen molar-refractivity contribution < 1.29 is 14.1 Å². The quantitative estimate of drug-likeness (QED) is 0.734. The number of benzene rings is 2. The molecule has 1 N–H and O–H groups in total. The smallest absolute Gasteiger partial charge is 0.241 e. The SMILES string of the molecule is CNC(=O)C1Cc2ccccc2CN1Cc1nc(-c2ccc(OC)cc2)no1. The van der Waals surface area contributed by atoms with Crippen LogP contribution < -0.4 is 10.1 Å². The molecule has 2 heterocycles. The number of hydrogen-bond donors (Lipinski definition) is 1. The van der Waals surface area contributed by atoms with E-state index in [1.807, 2.05) is 36.4 Å². The number of ether oxygens (including phenoxy) is 1. The van der Waals surface area contributed by atoms with Crippen molar-refractivity contribution in [1.82, 2.24) is 20.4 Å². The van der Waals surface area contributed by atoms with Gasteiger partial charge in [0.1, 0.15) is 5.75 Å². The number of nitrogens with zero attached hydrogens (tertiary/aromatic N) is 3. The minimum absolute atomic E-state index is 0.00982. The molecule has 0 radical (unpaired) electrons. The van der Waals surface area contributed by atoms with Gasteiger partial charge < -0.3 is 14.6 Å². The van der Waals surface area contributed by atoms with Gasteiger partial charge in [0.25, 0.3) is 0 Å². The largest absolute Gasteiger partial charge is 0.497 e. The maximum Gasteiger partial charge on any atom is 0.241 e. The highest BCUT2D eigenvalue weighted by atomic mass is 16.5. The molecule has 0 saturated carbocycles. The van der Waals surface area contributed by atoms with Gasteiger partial charge in [-0.25, -0.2) is 0 Å². The molecule has 0 aliphatic carbocycles. The molecule has 1 aliphatic heterocycles. The molecule has 144 valence electrons. The number of nitrogens with one attached hydrogen (secondary N) is 1. The third-order valence-electron chi connectivity index (χ3n) is 5.05. The van der Waals surface area contributed by atoms with Gasteiger partial charge in [0.05, 0.1) is 19.7 Å². The highest BCUT2D eigenvalue weighted by Gasteiger charge is 2.32. The number of rotatable bonds is 5. The Labute approximate surface area is 163 Å². The maximum atomic E-state index is 12.4. The number of amides is 1. The van der Waals surface area contributed by atoms with Crippen molar-refractivity contribution in [2.45, 2.75) is 25.6 Å². The Bertz CT molecular complexity index is 968. The van der Waals surface area contributed by atoms with E-state index in [4.69, 9.17) is 9.26 Å². The predicted octanol–water partition coefficient (Wildman–Crippen LogP) is 2.42. The number of fused-ring (bicyclic) bond motifs is 1. The van der Waals surface area contributed by atoms with E-state index in [1.54, 1.807) is 14.2 Å². The van der Waals surface area contributed by atoms with Gasteiger partial charge in [-0.1, -0.05) is 29.4 Å². The Morgan fingerprint density at radius 3 is 2.68 bits per heavy atom. The van der Waals surface area contributed by atoms with Crippen molar-refractivity contribution in [2.75, 3.05) is 14.2 Å². The molecule has 4 rings (SSSR count). The highest BCUT2D eigenvalue weighted by molar-refractivity contribution is 5.82. The van der Waals surface area contributed by atoms with Crippen LogP contribution in [-0.2, 0) is 24.3 Å². The van der Waals surface area contributed by atoms with E-state index >= 15 is 0 Å². The maximum absolute atomic E-state index is 12.4. The number of hydrogen-bond acceptors (Lipinski definition) is 6. The fraction of sp³-hybridized carbons (Fsp3) is 0.286. The molecule has 1 amide bonds. The second-order valence-electron chi connectivity index (χ2n) is 6.75. The minimum Gasteiger partial charge on any atom is -0.497 e. The Kier molecular flexibility index (Phi) is 5.08. The zero-order valence-electron chi connectivity index (χ0n) is 15.9. The van der Waals surface area contributed by atoms with Crippen LogP contribution in [0.5, 0.6) is 5.75 Å². The van der Waals surface area contributed by atoms with Gasteiger partial charge in [-0.05, 0) is 41.8 Å². The molecular formula is C21H22N4O3. The van der Waals surface area contributed by atoms with Gasteiger partial charge in [0.2, 0.25) is 17.6 Å². The number of methoxy groups -OCH3 is 1. The summed E-state index contributed by atoms with van der Waals surface area (Å²) < 4.78 is 10.6. The number of aromatic nitrogens is 2. The predicted molar refractivity (Wildman–Crippen MR) is 104 cm³/mol. The van der Waals surface area contributed by atoms with Crippen molar-refractivity contribution in [3.8, 4) is 17.1 Å². The van der Waals surface area contributed by atoms with Crippen LogP contribution in [0.1, 0.15) is 17.0 Å². The molecule has 0 spiro atoms. The molecule has 1 aliphatic rings. The second kappa shape index (κ2) is 7.82. The summed E-state index contributed by atoms with van der Waals surface area (Å²) in [5, 5.41) is 6.85. The molecule has 0 saturated heterocycles. The Hall–Kier alpha value is -3.19. The summed E-state index contributed by atoms with van der Waals surface area (Å²) in [7, 11) is 3.29. The third kappa shape index (κ3) is 3.61. The van der Waals surface area contributed by atoms with Crippen LogP contribution in [-0.4, -0.2) is 41.1 Å². The minimum atomic E-state index is -0.267. The molecule has 1 atom stereocenters. The first-order valence-corrected chi connectivity index (χ1v) is 9.17. The summed E-state index contributed by atoms with van der Waals surface area (Å²) in [6, 6.07) is 15.4. The van der Waals surface area contributed by atoms with Crippen LogP contribution in [0, 0.1) is 0 Å². The summed E-state index contributed by atoms with van der Waals surface area (Å²) in [5.41, 5.74) is 3.27. The van der Waals surface area contributed by atoms with Gasteiger partial charge in [-0.3, -0.25) is 9.69 Å². The molecule has 0 bridgehead atoms. The van der Waals surface area contributed by atoms with Crippen LogP contribution in [0.25, 0.3) is 11.4 Å². The zero-order chi connectivity index (χ0) is 19.5. The number of carbonyl (C=O) groups is 1. The van der Waals surface area contributed by atoms with E-state index in [9.17, 15) is 4.79 Å². The number of carbonyl (C=O) groups excluding carboxylic acids is 1. The lowest BCUT2D eigenvalue weighted by Gasteiger charge is -2.34. The second-order valence-corrected chi connectivity index (χ2v) is 6.75. The molecule has 0 fully saturated rings. The molecule has 1 aromatic heterocycles. The first kappa shape index (κ1) is 18.2. The fourth-order valence-electron chi connectivity index (χ4n) is 3.52. The van der Waals surface area contributed by atoms with Crippen LogP contribution >= 0.6 is 0 Å². The van der Waals surface area contributed by atoms with Crippen molar-refractivity contribution >= 4 is 5.91 Å². The molecule has 7 heteroatoms. The lowest BCUT2D eigenvalue weighted by molar-refractivity contribution is -0.127. The van der Waals surface area contributed by atoms with Crippen LogP contribution in [0.3, 0.4) is 0 Å². The lowest BCUT2D eigenvalue weighted by atomic mass is 9.93. The topological polar surface area (TPSA) is 80.5 Å². The average molecular weight is 378 g/mol. The van der Waals surface area contributed by atoms with E-state index in [1.165, 1.54) is 11.1 Å². The average Bonchev–Trinajstić information content (AvgIpc) is 3.21. The first-order chi connectivity index (χ1) is 13.7.